The highest BCUT2D eigenvalue weighted by molar-refractivity contribution is 7.98. The number of halogens is 1. The van der Waals surface area contributed by atoms with Crippen molar-refractivity contribution < 1.29 is 9.84 Å². The maximum atomic E-state index is 10.1. The van der Waals surface area contributed by atoms with Crippen molar-refractivity contribution in [2.45, 2.75) is 31.5 Å². The number of hydrogen-bond donors (Lipinski definition) is 1. The van der Waals surface area contributed by atoms with Crippen molar-refractivity contribution in [2.24, 2.45) is 0 Å². The average molecular weight is 273 g/mol. The quantitative estimate of drug-likeness (QED) is 0.848. The maximum Gasteiger partial charge on any atom is 0.125 e. The first-order chi connectivity index (χ1) is 8.20. The van der Waals surface area contributed by atoms with Crippen LogP contribution in [0.4, 0.5) is 0 Å². The highest BCUT2D eigenvalue weighted by atomic mass is 35.5. The summed E-state index contributed by atoms with van der Waals surface area (Å²) in [7, 11) is 0. The van der Waals surface area contributed by atoms with Crippen molar-refractivity contribution in [3.63, 3.8) is 0 Å². The molecule has 1 aromatic carbocycles. The predicted octanol–water partition coefficient (Wildman–Crippen LogP) is 3.67. The zero-order valence-electron chi connectivity index (χ0n) is 9.86. The van der Waals surface area contributed by atoms with Crippen LogP contribution >= 0.6 is 23.4 Å². The van der Waals surface area contributed by atoms with Gasteiger partial charge in [0.2, 0.25) is 0 Å². The van der Waals surface area contributed by atoms with Crippen LogP contribution in [0.2, 0.25) is 5.02 Å². The Balaban J connectivity index is 2.03. The molecule has 0 saturated carbocycles. The molecule has 1 heterocycles. The third-order valence-corrected chi connectivity index (χ3v) is 3.92. The first-order valence-corrected chi connectivity index (χ1v) is 7.61. The van der Waals surface area contributed by atoms with E-state index in [2.05, 4.69) is 6.26 Å². The van der Waals surface area contributed by atoms with Gasteiger partial charge in [-0.15, -0.1) is 0 Å². The molecule has 1 N–H and O–H groups in total. The summed E-state index contributed by atoms with van der Waals surface area (Å²) < 4.78 is 5.88. The van der Waals surface area contributed by atoms with E-state index in [4.69, 9.17) is 16.3 Å². The van der Waals surface area contributed by atoms with Crippen LogP contribution in [0.25, 0.3) is 0 Å². The smallest absolute Gasteiger partial charge is 0.125 e. The molecule has 1 unspecified atom stereocenters. The van der Waals surface area contributed by atoms with Gasteiger partial charge in [0.15, 0.2) is 0 Å². The lowest BCUT2D eigenvalue weighted by Gasteiger charge is -2.29. The number of rotatable bonds is 4. The van der Waals surface area contributed by atoms with E-state index in [0.29, 0.717) is 11.4 Å². The SMILES string of the molecule is CSCCCC1C[C@H](O)c2cc(Cl)ccc2O1. The molecule has 2 rings (SSSR count). The van der Waals surface area contributed by atoms with Crippen molar-refractivity contribution in [1.82, 2.24) is 0 Å². The fourth-order valence-electron chi connectivity index (χ4n) is 2.12. The molecule has 1 aliphatic rings. The summed E-state index contributed by atoms with van der Waals surface area (Å²) in [5, 5.41) is 10.7. The highest BCUT2D eigenvalue weighted by Crippen LogP contribution is 2.37. The fraction of sp³-hybridized carbons (Fsp3) is 0.538. The van der Waals surface area contributed by atoms with Crippen molar-refractivity contribution in [1.29, 1.82) is 0 Å². The van der Waals surface area contributed by atoms with E-state index >= 15 is 0 Å². The van der Waals surface area contributed by atoms with Gasteiger partial charge in [-0.3, -0.25) is 0 Å². The molecular formula is C13H17ClO2S. The topological polar surface area (TPSA) is 29.5 Å². The van der Waals surface area contributed by atoms with E-state index in [9.17, 15) is 5.11 Å². The highest BCUT2D eigenvalue weighted by Gasteiger charge is 2.26. The predicted molar refractivity (Wildman–Crippen MR) is 73.1 cm³/mol. The van der Waals surface area contributed by atoms with Crippen molar-refractivity contribution >= 4 is 23.4 Å². The number of benzene rings is 1. The van der Waals surface area contributed by atoms with Crippen LogP contribution in [0, 0.1) is 0 Å². The summed E-state index contributed by atoms with van der Waals surface area (Å²) in [5.41, 5.74) is 0.818. The molecule has 1 aromatic rings. The van der Waals surface area contributed by atoms with Crippen LogP contribution in [0.1, 0.15) is 30.9 Å². The van der Waals surface area contributed by atoms with E-state index in [1.54, 1.807) is 12.1 Å². The van der Waals surface area contributed by atoms with E-state index in [1.807, 2.05) is 17.8 Å². The lowest BCUT2D eigenvalue weighted by atomic mass is 9.97. The lowest BCUT2D eigenvalue weighted by Crippen LogP contribution is -2.25. The summed E-state index contributed by atoms with van der Waals surface area (Å²) in [6.07, 6.45) is 4.58. The van der Waals surface area contributed by atoms with Gasteiger partial charge in [0.05, 0.1) is 6.10 Å². The van der Waals surface area contributed by atoms with Gasteiger partial charge < -0.3 is 9.84 Å². The standard InChI is InChI=1S/C13H17ClO2S/c1-17-6-2-3-10-8-12(15)11-7-9(14)4-5-13(11)16-10/h4-5,7,10,12,15H,2-3,6,8H2,1H3/t10?,12-/m0/s1. The van der Waals surface area contributed by atoms with Gasteiger partial charge in [0, 0.05) is 17.0 Å². The summed E-state index contributed by atoms with van der Waals surface area (Å²) in [6, 6.07) is 5.44. The van der Waals surface area contributed by atoms with Crippen molar-refractivity contribution in [2.75, 3.05) is 12.0 Å². The van der Waals surface area contributed by atoms with Crippen LogP contribution in [0.15, 0.2) is 18.2 Å². The minimum Gasteiger partial charge on any atom is -0.490 e. The molecule has 0 bridgehead atoms. The summed E-state index contributed by atoms with van der Waals surface area (Å²) in [4.78, 5) is 0. The van der Waals surface area contributed by atoms with Crippen LogP contribution < -0.4 is 4.74 Å². The van der Waals surface area contributed by atoms with Crippen LogP contribution in [0.5, 0.6) is 5.75 Å². The van der Waals surface area contributed by atoms with Crippen molar-refractivity contribution in [3.05, 3.63) is 28.8 Å². The number of ether oxygens (including phenoxy) is 1. The van der Waals surface area contributed by atoms with Gasteiger partial charge in [-0.05, 0) is 43.0 Å². The molecule has 0 amide bonds. The zero-order valence-corrected chi connectivity index (χ0v) is 11.4. The lowest BCUT2D eigenvalue weighted by molar-refractivity contribution is 0.0616. The molecule has 17 heavy (non-hydrogen) atoms. The Labute approximate surface area is 111 Å². The summed E-state index contributed by atoms with van der Waals surface area (Å²) >= 11 is 7.75. The monoisotopic (exact) mass is 272 g/mol. The normalized spacial score (nSPS) is 23.0. The van der Waals surface area contributed by atoms with Crippen LogP contribution in [-0.4, -0.2) is 23.2 Å². The fourth-order valence-corrected chi connectivity index (χ4v) is 2.76. The molecule has 0 spiro atoms. The van der Waals surface area contributed by atoms with Gasteiger partial charge in [0.1, 0.15) is 11.9 Å². The molecule has 0 radical (unpaired) electrons. The molecule has 0 fully saturated rings. The number of hydrogen-bond acceptors (Lipinski definition) is 3. The first kappa shape index (κ1) is 13.1. The molecule has 2 nitrogen and oxygen atoms in total. The largest absolute Gasteiger partial charge is 0.490 e. The number of aliphatic hydroxyl groups excluding tert-OH is 1. The van der Waals surface area contributed by atoms with Gasteiger partial charge >= 0.3 is 0 Å². The Morgan fingerprint density at radius 3 is 3.12 bits per heavy atom. The van der Waals surface area contributed by atoms with E-state index in [0.717, 1.165) is 29.9 Å². The van der Waals surface area contributed by atoms with Gasteiger partial charge in [0.25, 0.3) is 0 Å². The van der Waals surface area contributed by atoms with Crippen LogP contribution in [0.3, 0.4) is 0 Å². The summed E-state index contributed by atoms with van der Waals surface area (Å²) in [6.45, 7) is 0. The number of fused-ring (bicyclic) bond motifs is 1. The maximum absolute atomic E-state index is 10.1. The minimum atomic E-state index is -0.447. The Kier molecular flexibility index (Phi) is 4.60. The summed E-state index contributed by atoms with van der Waals surface area (Å²) in [5.74, 6) is 1.92. The second kappa shape index (κ2) is 5.98. The molecule has 2 atom stereocenters. The average Bonchev–Trinajstić information content (AvgIpc) is 2.31. The van der Waals surface area contributed by atoms with Gasteiger partial charge in [-0.1, -0.05) is 11.6 Å². The molecule has 0 saturated heterocycles. The molecule has 0 aromatic heterocycles. The van der Waals surface area contributed by atoms with Gasteiger partial charge in [-0.2, -0.15) is 11.8 Å². The number of thioether (sulfide) groups is 1. The second-order valence-electron chi connectivity index (χ2n) is 4.31. The number of aliphatic hydroxyl groups is 1. The molecule has 0 aliphatic carbocycles. The Morgan fingerprint density at radius 2 is 2.35 bits per heavy atom. The molecular weight excluding hydrogens is 256 g/mol. The Morgan fingerprint density at radius 1 is 1.53 bits per heavy atom. The van der Waals surface area contributed by atoms with E-state index in [-0.39, 0.29) is 6.10 Å². The Hall–Kier alpha value is -0.380. The first-order valence-electron chi connectivity index (χ1n) is 5.84. The zero-order chi connectivity index (χ0) is 12.3. The minimum absolute atomic E-state index is 0.130. The Bertz CT molecular complexity index is 384. The molecule has 4 heteroatoms. The van der Waals surface area contributed by atoms with E-state index in [1.165, 1.54) is 0 Å². The second-order valence-corrected chi connectivity index (χ2v) is 5.73. The van der Waals surface area contributed by atoms with Gasteiger partial charge in [-0.25, -0.2) is 0 Å². The molecule has 94 valence electrons. The van der Waals surface area contributed by atoms with Crippen LogP contribution in [-0.2, 0) is 0 Å². The van der Waals surface area contributed by atoms with Crippen molar-refractivity contribution in [3.8, 4) is 5.75 Å². The third kappa shape index (κ3) is 3.30. The molecule has 1 aliphatic heterocycles. The van der Waals surface area contributed by atoms with E-state index < -0.39 is 6.10 Å². The third-order valence-electron chi connectivity index (χ3n) is 2.99.